The van der Waals surface area contributed by atoms with Gasteiger partial charge in [0, 0.05) is 18.0 Å². The van der Waals surface area contributed by atoms with Crippen molar-refractivity contribution in [3.63, 3.8) is 0 Å². The van der Waals surface area contributed by atoms with Crippen molar-refractivity contribution in [2.24, 2.45) is 67.8 Å². The second-order valence-corrected chi connectivity index (χ2v) is 19.9. The number of ether oxygens (including phenoxy) is 1. The van der Waals surface area contributed by atoms with Crippen LogP contribution in [-0.4, -0.2) is 53.7 Å². The molecule has 0 radical (unpaired) electrons. The van der Waals surface area contributed by atoms with E-state index in [1.165, 1.54) is 76.5 Å². The van der Waals surface area contributed by atoms with Crippen LogP contribution < -0.4 is 5.73 Å². The molecule has 5 aliphatic carbocycles. The molecule has 6 nitrogen and oxygen atoms in total. The van der Waals surface area contributed by atoms with E-state index in [2.05, 4.69) is 53.0 Å². The maximum atomic E-state index is 13.1. The fraction of sp³-hybridized carbons (Fsp3) is 0.902. The Morgan fingerprint density at radius 2 is 1.64 bits per heavy atom. The fourth-order valence-corrected chi connectivity index (χ4v) is 14.0. The Balaban J connectivity index is 1.24. The number of aliphatic carboxylic acids is 1. The molecule has 0 spiro atoms. The zero-order valence-electron chi connectivity index (χ0n) is 31.3. The summed E-state index contributed by atoms with van der Waals surface area (Å²) in [5.74, 6) is 1.99. The van der Waals surface area contributed by atoms with Crippen LogP contribution in [-0.2, 0) is 14.3 Å². The quantitative estimate of drug-likeness (QED) is 0.202. The maximum absolute atomic E-state index is 13.1. The molecule has 11 atom stereocenters. The molecule has 0 aromatic carbocycles. The number of hydrogen-bond donors (Lipinski definition) is 2. The number of allylic oxidation sites excluding steroid dienone is 1. The van der Waals surface area contributed by atoms with Gasteiger partial charge in [-0.3, -0.25) is 9.59 Å². The summed E-state index contributed by atoms with van der Waals surface area (Å²) in [6, 6.07) is 0.354. The molecule has 3 N–H and O–H groups in total. The van der Waals surface area contributed by atoms with Gasteiger partial charge in [0.25, 0.3) is 0 Å². The van der Waals surface area contributed by atoms with E-state index in [-0.39, 0.29) is 29.3 Å². The molecule has 1 heterocycles. The van der Waals surface area contributed by atoms with Crippen LogP contribution in [0.2, 0.25) is 0 Å². The van der Waals surface area contributed by atoms with Crippen LogP contribution in [0.25, 0.3) is 0 Å². The highest BCUT2D eigenvalue weighted by Crippen LogP contribution is 2.78. The monoisotopic (exact) mass is 653 g/mol. The van der Waals surface area contributed by atoms with Gasteiger partial charge < -0.3 is 20.5 Å². The molecule has 266 valence electrons. The van der Waals surface area contributed by atoms with Crippen LogP contribution in [0.5, 0.6) is 0 Å². The normalized spacial score (nSPS) is 46.1. The largest absolute Gasteiger partial charge is 0.481 e. The topological polar surface area (TPSA) is 92.9 Å². The van der Waals surface area contributed by atoms with Crippen molar-refractivity contribution in [1.29, 1.82) is 0 Å². The highest BCUT2D eigenvalue weighted by atomic mass is 16.5. The molecule has 6 fully saturated rings. The lowest BCUT2D eigenvalue weighted by Crippen LogP contribution is -2.66. The number of nitrogens with two attached hydrogens (primary N) is 1. The van der Waals surface area contributed by atoms with Crippen LogP contribution in [0.4, 0.5) is 0 Å². The number of fused-ring (bicyclic) bond motifs is 7. The third-order valence-electron chi connectivity index (χ3n) is 16.9. The molecule has 6 rings (SSSR count). The summed E-state index contributed by atoms with van der Waals surface area (Å²) in [6.45, 7) is 26.3. The van der Waals surface area contributed by atoms with E-state index < -0.39 is 11.4 Å². The van der Waals surface area contributed by atoms with Crippen LogP contribution >= 0.6 is 0 Å². The Morgan fingerprint density at radius 3 is 2.28 bits per heavy atom. The minimum Gasteiger partial charge on any atom is -0.481 e. The molecular weight excluding hydrogens is 584 g/mol. The van der Waals surface area contributed by atoms with Crippen molar-refractivity contribution in [3.05, 3.63) is 12.2 Å². The van der Waals surface area contributed by atoms with Gasteiger partial charge in [0.05, 0.1) is 11.8 Å². The molecule has 6 aliphatic rings. The lowest BCUT2D eigenvalue weighted by atomic mass is 9.32. The number of esters is 1. The number of carboxylic acids is 1. The number of likely N-dealkylation sites (tertiary alicyclic amines) is 1. The number of carbonyl (C=O) groups is 2. The Bertz CT molecular complexity index is 1260. The summed E-state index contributed by atoms with van der Waals surface area (Å²) in [5.41, 5.74) is 7.75. The average molecular weight is 653 g/mol. The Labute approximate surface area is 286 Å². The SMILES string of the molecule is C=C(C)[C@@H]1CC[C@]2(CCN3CCC(N)C3)CC[C@]3(C)[C@H](CC[C@@H]4[C@@]5(C)CC[C@H](OC(=O)CC(C)(C)C(=O)O)C(C)(C)[C@@H]5CC[C@]43C)[C@@H]12. The molecular formula is C41H68N2O4. The summed E-state index contributed by atoms with van der Waals surface area (Å²) in [4.78, 5) is 27.4. The predicted molar refractivity (Wildman–Crippen MR) is 189 cm³/mol. The smallest absolute Gasteiger partial charge is 0.309 e. The lowest BCUT2D eigenvalue weighted by molar-refractivity contribution is -0.250. The predicted octanol–water partition coefficient (Wildman–Crippen LogP) is 8.48. The number of rotatable bonds is 8. The van der Waals surface area contributed by atoms with Crippen molar-refractivity contribution in [1.82, 2.24) is 4.90 Å². The first-order valence-corrected chi connectivity index (χ1v) is 19.4. The van der Waals surface area contributed by atoms with Gasteiger partial charge in [-0.05, 0) is 162 Å². The van der Waals surface area contributed by atoms with Crippen LogP contribution in [0.3, 0.4) is 0 Å². The zero-order valence-corrected chi connectivity index (χ0v) is 31.3. The Kier molecular flexibility index (Phi) is 8.93. The van der Waals surface area contributed by atoms with E-state index in [0.717, 1.165) is 37.6 Å². The van der Waals surface area contributed by atoms with E-state index in [4.69, 9.17) is 10.5 Å². The molecule has 1 saturated heterocycles. The van der Waals surface area contributed by atoms with Crippen molar-refractivity contribution in [2.75, 3.05) is 19.6 Å². The lowest BCUT2D eigenvalue weighted by Gasteiger charge is -2.73. The number of hydrogen-bond acceptors (Lipinski definition) is 5. The standard InChI is InChI=1S/C41H68N2O4/c1-26(2)28-12-18-41(21-23-43-22-15-27(42)25-43)20-19-39(8)29(34(28)41)10-11-31-38(7)16-14-32(47-33(44)24-36(3,4)35(45)46)37(5,6)30(38)13-17-40(31,39)9/h27-32,34H,1,10-25,42H2,2-9H3,(H,45,46)/t27?,28-,29+,30-,31+,32-,34+,38-,39+,40+,41+/m0/s1. The minimum atomic E-state index is -1.12. The van der Waals surface area contributed by atoms with Gasteiger partial charge in [-0.15, -0.1) is 0 Å². The van der Waals surface area contributed by atoms with Gasteiger partial charge in [-0.1, -0.05) is 46.8 Å². The Hall–Kier alpha value is -1.40. The highest BCUT2D eigenvalue weighted by Gasteiger charge is 2.71. The molecule has 0 bridgehead atoms. The van der Waals surface area contributed by atoms with Gasteiger partial charge in [0.2, 0.25) is 0 Å². The third-order valence-corrected chi connectivity index (χ3v) is 16.9. The molecule has 5 saturated carbocycles. The average Bonchev–Trinajstić information content (AvgIpc) is 3.57. The maximum Gasteiger partial charge on any atom is 0.309 e. The summed E-state index contributed by atoms with van der Waals surface area (Å²) < 4.78 is 6.19. The van der Waals surface area contributed by atoms with Gasteiger partial charge in [0.1, 0.15) is 6.10 Å². The minimum absolute atomic E-state index is 0.0866. The first kappa shape index (κ1) is 35.4. The number of nitrogens with zero attached hydrogens (tertiary/aromatic N) is 1. The molecule has 47 heavy (non-hydrogen) atoms. The first-order valence-electron chi connectivity index (χ1n) is 19.4. The summed E-state index contributed by atoms with van der Waals surface area (Å²) in [7, 11) is 0. The molecule has 1 unspecified atom stereocenters. The summed E-state index contributed by atoms with van der Waals surface area (Å²) >= 11 is 0. The van der Waals surface area contributed by atoms with Gasteiger partial charge in [-0.25, -0.2) is 0 Å². The van der Waals surface area contributed by atoms with Crippen LogP contribution in [0.15, 0.2) is 12.2 Å². The third kappa shape index (κ3) is 5.47. The van der Waals surface area contributed by atoms with Crippen LogP contribution in [0, 0.1) is 62.1 Å². The number of carbonyl (C=O) groups excluding carboxylic acids is 1. The second-order valence-electron chi connectivity index (χ2n) is 19.9. The second kappa shape index (κ2) is 11.8. The van der Waals surface area contributed by atoms with Gasteiger partial charge in [0.15, 0.2) is 0 Å². The van der Waals surface area contributed by atoms with Crippen molar-refractivity contribution < 1.29 is 19.4 Å². The molecule has 0 aromatic rings. The Morgan fingerprint density at radius 1 is 0.915 bits per heavy atom. The number of carboxylic acid groups (broad SMARTS) is 1. The molecule has 0 aromatic heterocycles. The summed E-state index contributed by atoms with van der Waals surface area (Å²) in [6.07, 6.45) is 14.7. The van der Waals surface area contributed by atoms with E-state index in [9.17, 15) is 14.7 Å². The fourth-order valence-electron chi connectivity index (χ4n) is 14.0. The molecule has 1 aliphatic heterocycles. The first-order chi connectivity index (χ1) is 21.8. The van der Waals surface area contributed by atoms with Gasteiger partial charge >= 0.3 is 11.9 Å². The van der Waals surface area contributed by atoms with E-state index in [0.29, 0.717) is 40.0 Å². The van der Waals surface area contributed by atoms with Crippen molar-refractivity contribution in [2.45, 2.75) is 151 Å². The van der Waals surface area contributed by atoms with E-state index in [1.54, 1.807) is 13.8 Å². The highest BCUT2D eigenvalue weighted by molar-refractivity contribution is 5.81. The van der Waals surface area contributed by atoms with E-state index in [1.807, 2.05) is 0 Å². The zero-order chi connectivity index (χ0) is 34.4. The van der Waals surface area contributed by atoms with E-state index >= 15 is 0 Å². The van der Waals surface area contributed by atoms with Crippen LogP contribution in [0.1, 0.15) is 139 Å². The van der Waals surface area contributed by atoms with Gasteiger partial charge in [-0.2, -0.15) is 0 Å². The van der Waals surface area contributed by atoms with Crippen molar-refractivity contribution in [3.8, 4) is 0 Å². The molecule has 0 amide bonds. The summed E-state index contributed by atoms with van der Waals surface area (Å²) in [5, 5.41) is 9.59. The van der Waals surface area contributed by atoms with Crippen molar-refractivity contribution >= 4 is 11.9 Å². The molecule has 6 heteroatoms.